The monoisotopic (exact) mass is 375 g/mol. The summed E-state index contributed by atoms with van der Waals surface area (Å²) in [4.78, 5) is 10.0. The Bertz CT molecular complexity index is 928. The van der Waals surface area contributed by atoms with Crippen molar-refractivity contribution in [3.05, 3.63) is 60.2 Å². The summed E-state index contributed by atoms with van der Waals surface area (Å²) >= 11 is 0. The largest absolute Gasteiger partial charge is 0.393 e. The van der Waals surface area contributed by atoms with E-state index in [2.05, 4.69) is 71.3 Å². The summed E-state index contributed by atoms with van der Waals surface area (Å²) in [7, 11) is 0. The van der Waals surface area contributed by atoms with E-state index >= 15 is 0 Å². The van der Waals surface area contributed by atoms with Gasteiger partial charge >= 0.3 is 0 Å². The van der Waals surface area contributed by atoms with Crippen molar-refractivity contribution in [2.24, 2.45) is 0 Å². The van der Waals surface area contributed by atoms with E-state index in [0.717, 1.165) is 55.4 Å². The van der Waals surface area contributed by atoms with Crippen molar-refractivity contribution in [2.75, 3.05) is 37.6 Å². The first kappa shape index (κ1) is 18.9. The number of fused-ring (bicyclic) bond motifs is 1. The second-order valence-electron chi connectivity index (χ2n) is 7.72. The van der Waals surface area contributed by atoms with Gasteiger partial charge in [0.2, 0.25) is 0 Å². The van der Waals surface area contributed by atoms with Crippen LogP contribution in [0.4, 0.5) is 5.82 Å². The highest BCUT2D eigenvalue weighted by Crippen LogP contribution is 2.30. The Labute approximate surface area is 167 Å². The summed E-state index contributed by atoms with van der Waals surface area (Å²) in [6.07, 6.45) is 0.358. The fraction of sp³-hybridized carbons (Fsp3) is 0.375. The third-order valence-corrected chi connectivity index (χ3v) is 5.62. The Morgan fingerprint density at radius 1 is 1.00 bits per heavy atom. The second kappa shape index (κ2) is 8.29. The standard InChI is InChI=1S/C24H29N3O/c1-3-26-12-14-27(15-13-26)24-22-7-5-4-6-21(22)17-23(25-24)20-10-8-19(9-11-20)16-18(2)28/h4-11,17-18,28H,3,12-16H2,1-2H3. The third-order valence-electron chi connectivity index (χ3n) is 5.62. The lowest BCUT2D eigenvalue weighted by Gasteiger charge is -2.35. The van der Waals surface area contributed by atoms with Crippen molar-refractivity contribution < 1.29 is 5.11 Å². The minimum atomic E-state index is -0.321. The fourth-order valence-corrected chi connectivity index (χ4v) is 4.00. The Kier molecular flexibility index (Phi) is 5.60. The maximum Gasteiger partial charge on any atom is 0.137 e. The lowest BCUT2D eigenvalue weighted by molar-refractivity contribution is 0.195. The van der Waals surface area contributed by atoms with Crippen LogP contribution < -0.4 is 4.90 Å². The van der Waals surface area contributed by atoms with Crippen LogP contribution in [0.2, 0.25) is 0 Å². The van der Waals surface area contributed by atoms with Gasteiger partial charge in [-0.05, 0) is 36.9 Å². The SMILES string of the molecule is CCN1CCN(c2nc(-c3ccc(CC(C)O)cc3)cc3ccccc23)CC1. The predicted octanol–water partition coefficient (Wildman–Crippen LogP) is 3.97. The van der Waals surface area contributed by atoms with Crippen LogP contribution in [-0.4, -0.2) is 53.8 Å². The van der Waals surface area contributed by atoms with Crippen LogP contribution in [0.5, 0.6) is 0 Å². The number of nitrogens with zero attached hydrogens (tertiary/aromatic N) is 3. The molecule has 1 unspecified atom stereocenters. The molecule has 0 aliphatic carbocycles. The number of rotatable bonds is 5. The highest BCUT2D eigenvalue weighted by atomic mass is 16.3. The quantitative estimate of drug-likeness (QED) is 0.733. The Morgan fingerprint density at radius 3 is 2.39 bits per heavy atom. The highest BCUT2D eigenvalue weighted by molar-refractivity contribution is 5.95. The zero-order valence-corrected chi connectivity index (χ0v) is 16.8. The lowest BCUT2D eigenvalue weighted by atomic mass is 10.0. The van der Waals surface area contributed by atoms with Crippen molar-refractivity contribution in [1.29, 1.82) is 0 Å². The third kappa shape index (κ3) is 4.03. The van der Waals surface area contributed by atoms with E-state index in [1.807, 2.05) is 6.92 Å². The molecule has 1 atom stereocenters. The number of pyridine rings is 1. The van der Waals surface area contributed by atoms with E-state index in [9.17, 15) is 5.11 Å². The van der Waals surface area contributed by atoms with Crippen LogP contribution in [0.25, 0.3) is 22.0 Å². The molecule has 3 aromatic rings. The van der Waals surface area contributed by atoms with Gasteiger partial charge in [0.25, 0.3) is 0 Å². The van der Waals surface area contributed by atoms with Gasteiger partial charge in [-0.15, -0.1) is 0 Å². The van der Waals surface area contributed by atoms with Gasteiger partial charge in [-0.1, -0.05) is 55.5 Å². The Balaban J connectivity index is 1.70. The summed E-state index contributed by atoms with van der Waals surface area (Å²) in [6.45, 7) is 9.37. The van der Waals surface area contributed by atoms with Crippen molar-refractivity contribution in [3.8, 4) is 11.3 Å². The predicted molar refractivity (Wildman–Crippen MR) is 117 cm³/mol. The number of aromatic nitrogens is 1. The van der Waals surface area contributed by atoms with Crippen LogP contribution in [-0.2, 0) is 6.42 Å². The maximum atomic E-state index is 9.61. The average molecular weight is 376 g/mol. The van der Waals surface area contributed by atoms with Crippen LogP contribution >= 0.6 is 0 Å². The highest BCUT2D eigenvalue weighted by Gasteiger charge is 2.19. The Morgan fingerprint density at radius 2 is 1.71 bits per heavy atom. The van der Waals surface area contributed by atoms with Gasteiger partial charge in [-0.25, -0.2) is 4.98 Å². The molecule has 146 valence electrons. The number of hydrogen-bond donors (Lipinski definition) is 1. The van der Waals surface area contributed by atoms with E-state index in [1.54, 1.807) is 0 Å². The molecule has 0 spiro atoms. The molecular formula is C24H29N3O. The molecule has 28 heavy (non-hydrogen) atoms. The minimum absolute atomic E-state index is 0.321. The normalized spacial score (nSPS) is 16.5. The zero-order valence-electron chi connectivity index (χ0n) is 16.8. The summed E-state index contributed by atoms with van der Waals surface area (Å²) in [6, 6.07) is 19.2. The van der Waals surface area contributed by atoms with Crippen LogP contribution in [0.15, 0.2) is 54.6 Å². The first-order valence-corrected chi connectivity index (χ1v) is 10.3. The molecule has 4 nitrogen and oxygen atoms in total. The van der Waals surface area contributed by atoms with Gasteiger partial charge in [0.1, 0.15) is 5.82 Å². The molecule has 0 radical (unpaired) electrons. The molecule has 0 bridgehead atoms. The van der Waals surface area contributed by atoms with E-state index in [4.69, 9.17) is 4.98 Å². The van der Waals surface area contributed by atoms with E-state index in [1.165, 1.54) is 10.8 Å². The van der Waals surface area contributed by atoms with Crippen molar-refractivity contribution in [2.45, 2.75) is 26.4 Å². The van der Waals surface area contributed by atoms with Crippen LogP contribution in [0.3, 0.4) is 0 Å². The number of likely N-dealkylation sites (N-methyl/N-ethyl adjacent to an activating group) is 1. The topological polar surface area (TPSA) is 39.6 Å². The van der Waals surface area contributed by atoms with Gasteiger partial charge in [0.15, 0.2) is 0 Å². The van der Waals surface area contributed by atoms with Gasteiger partial charge < -0.3 is 14.9 Å². The molecule has 0 saturated carbocycles. The molecule has 1 fully saturated rings. The van der Waals surface area contributed by atoms with E-state index in [0.29, 0.717) is 6.42 Å². The Hall–Kier alpha value is -2.43. The van der Waals surface area contributed by atoms with Crippen LogP contribution in [0.1, 0.15) is 19.4 Å². The van der Waals surface area contributed by atoms with Crippen molar-refractivity contribution in [3.63, 3.8) is 0 Å². The number of hydrogen-bond acceptors (Lipinski definition) is 4. The van der Waals surface area contributed by atoms with Crippen molar-refractivity contribution >= 4 is 16.6 Å². The lowest BCUT2D eigenvalue weighted by Crippen LogP contribution is -2.46. The molecule has 1 saturated heterocycles. The number of piperazine rings is 1. The first-order chi connectivity index (χ1) is 13.6. The van der Waals surface area contributed by atoms with Gasteiger partial charge in [0, 0.05) is 37.1 Å². The number of benzene rings is 2. The molecule has 4 rings (SSSR count). The van der Waals surface area contributed by atoms with Crippen molar-refractivity contribution in [1.82, 2.24) is 9.88 Å². The van der Waals surface area contributed by atoms with Gasteiger partial charge in [-0.2, -0.15) is 0 Å². The summed E-state index contributed by atoms with van der Waals surface area (Å²) in [5, 5.41) is 12.1. The molecule has 0 amide bonds. The molecule has 2 heterocycles. The number of aliphatic hydroxyl groups is 1. The molecule has 1 aliphatic rings. The summed E-state index contributed by atoms with van der Waals surface area (Å²) < 4.78 is 0. The molecule has 2 aromatic carbocycles. The molecule has 4 heteroatoms. The maximum absolute atomic E-state index is 9.61. The molecule has 1 N–H and O–H groups in total. The molecular weight excluding hydrogens is 346 g/mol. The zero-order chi connectivity index (χ0) is 19.5. The van der Waals surface area contributed by atoms with E-state index < -0.39 is 0 Å². The van der Waals surface area contributed by atoms with Gasteiger partial charge in [0.05, 0.1) is 11.8 Å². The second-order valence-corrected chi connectivity index (χ2v) is 7.72. The molecule has 1 aromatic heterocycles. The van der Waals surface area contributed by atoms with E-state index in [-0.39, 0.29) is 6.10 Å². The smallest absolute Gasteiger partial charge is 0.137 e. The average Bonchev–Trinajstić information content (AvgIpc) is 2.73. The number of aliphatic hydroxyl groups excluding tert-OH is 1. The number of anilines is 1. The van der Waals surface area contributed by atoms with Gasteiger partial charge in [-0.3, -0.25) is 0 Å². The van der Waals surface area contributed by atoms with Crippen LogP contribution in [0, 0.1) is 0 Å². The minimum Gasteiger partial charge on any atom is -0.393 e. The first-order valence-electron chi connectivity index (χ1n) is 10.3. The molecule has 1 aliphatic heterocycles. The summed E-state index contributed by atoms with van der Waals surface area (Å²) in [5.74, 6) is 1.09. The summed E-state index contributed by atoms with van der Waals surface area (Å²) in [5.41, 5.74) is 3.28. The fourth-order valence-electron chi connectivity index (χ4n) is 4.00.